The van der Waals surface area contributed by atoms with Crippen LogP contribution in [0.5, 0.6) is 0 Å². The minimum atomic E-state index is 0.862. The molecule has 1 heterocycles. The van der Waals surface area contributed by atoms with Crippen LogP contribution in [0.4, 0.5) is 0 Å². The molecule has 0 aliphatic carbocycles. The van der Waals surface area contributed by atoms with Crippen molar-refractivity contribution in [3.05, 3.63) is 24.5 Å². The summed E-state index contributed by atoms with van der Waals surface area (Å²) < 4.78 is 5.04. The van der Waals surface area contributed by atoms with Crippen molar-refractivity contribution in [2.24, 2.45) is 0 Å². The molecule has 0 N–H and O–H groups in total. The van der Waals surface area contributed by atoms with E-state index in [9.17, 15) is 0 Å². The minimum Gasteiger partial charge on any atom is -0.501 e. The van der Waals surface area contributed by atoms with Crippen molar-refractivity contribution in [2.45, 2.75) is 12.8 Å². The van der Waals surface area contributed by atoms with Crippen molar-refractivity contribution in [2.75, 3.05) is 6.61 Å². The topological polar surface area (TPSA) is 9.23 Å². The summed E-state index contributed by atoms with van der Waals surface area (Å²) >= 11 is 0. The summed E-state index contributed by atoms with van der Waals surface area (Å²) in [6.45, 7) is 0.862. The smallest absolute Gasteiger partial charge is 0.0876 e. The molecule has 0 aromatic heterocycles. The highest BCUT2D eigenvalue weighted by Gasteiger charge is 1.83. The standard InChI is InChI=1S/C7H10O/c1-2-4-6-8-7-5-3-1/h1-2,4,6H,3,5,7H2/b2-1-,6-4-. The van der Waals surface area contributed by atoms with E-state index in [0.717, 1.165) is 19.4 Å². The third kappa shape index (κ3) is 1.82. The van der Waals surface area contributed by atoms with Gasteiger partial charge in [-0.1, -0.05) is 12.2 Å². The third-order valence-electron chi connectivity index (χ3n) is 1.05. The lowest BCUT2D eigenvalue weighted by Crippen LogP contribution is -1.86. The van der Waals surface area contributed by atoms with Crippen LogP contribution < -0.4 is 0 Å². The molecule has 44 valence electrons. The first-order chi connectivity index (χ1) is 4.00. The van der Waals surface area contributed by atoms with E-state index in [0.29, 0.717) is 0 Å². The zero-order chi connectivity index (χ0) is 5.66. The van der Waals surface area contributed by atoms with Crippen LogP contribution in [-0.4, -0.2) is 6.61 Å². The summed E-state index contributed by atoms with van der Waals surface area (Å²) in [6.07, 6.45) is 10.1. The Morgan fingerprint density at radius 1 is 1.25 bits per heavy atom. The molecule has 0 fully saturated rings. The van der Waals surface area contributed by atoms with E-state index in [-0.39, 0.29) is 0 Å². The fourth-order valence-corrected chi connectivity index (χ4v) is 0.628. The molecule has 0 aromatic carbocycles. The quantitative estimate of drug-likeness (QED) is 0.462. The van der Waals surface area contributed by atoms with Gasteiger partial charge in [0.05, 0.1) is 12.9 Å². The maximum Gasteiger partial charge on any atom is 0.0876 e. The van der Waals surface area contributed by atoms with Crippen LogP contribution in [0.3, 0.4) is 0 Å². The molecule has 0 saturated heterocycles. The molecule has 0 aromatic rings. The molecule has 0 spiro atoms. The van der Waals surface area contributed by atoms with Crippen molar-refractivity contribution < 1.29 is 4.74 Å². The average molecular weight is 110 g/mol. The molecular formula is C7H10O. The summed E-state index contributed by atoms with van der Waals surface area (Å²) in [4.78, 5) is 0. The van der Waals surface area contributed by atoms with Crippen LogP contribution in [-0.2, 0) is 4.74 Å². The van der Waals surface area contributed by atoms with Crippen molar-refractivity contribution in [1.29, 1.82) is 0 Å². The molecular weight excluding hydrogens is 100 g/mol. The Labute approximate surface area is 49.7 Å². The Balaban J connectivity index is 2.33. The van der Waals surface area contributed by atoms with Gasteiger partial charge in [0, 0.05) is 0 Å². The highest BCUT2D eigenvalue weighted by molar-refractivity contribution is 5.00. The first-order valence-corrected chi connectivity index (χ1v) is 2.93. The van der Waals surface area contributed by atoms with E-state index < -0.39 is 0 Å². The van der Waals surface area contributed by atoms with Gasteiger partial charge < -0.3 is 4.74 Å². The number of hydrogen-bond acceptors (Lipinski definition) is 1. The molecule has 1 aliphatic rings. The van der Waals surface area contributed by atoms with Gasteiger partial charge in [0.25, 0.3) is 0 Å². The number of allylic oxidation sites excluding steroid dienone is 3. The molecule has 0 radical (unpaired) electrons. The predicted octanol–water partition coefficient (Wildman–Crippen LogP) is 1.87. The van der Waals surface area contributed by atoms with E-state index in [1.54, 1.807) is 6.26 Å². The lowest BCUT2D eigenvalue weighted by atomic mass is 10.3. The average Bonchev–Trinajstić information content (AvgIpc) is 1.62. The Hall–Kier alpha value is -0.720. The van der Waals surface area contributed by atoms with Crippen molar-refractivity contribution in [3.63, 3.8) is 0 Å². The van der Waals surface area contributed by atoms with Crippen LogP contribution >= 0.6 is 0 Å². The third-order valence-corrected chi connectivity index (χ3v) is 1.05. The van der Waals surface area contributed by atoms with Crippen LogP contribution in [0.1, 0.15) is 12.8 Å². The zero-order valence-corrected chi connectivity index (χ0v) is 4.84. The monoisotopic (exact) mass is 110 g/mol. The molecule has 0 unspecified atom stereocenters. The molecule has 0 saturated carbocycles. The van der Waals surface area contributed by atoms with E-state index in [1.807, 2.05) is 12.2 Å². The highest BCUT2D eigenvalue weighted by Crippen LogP contribution is 1.96. The van der Waals surface area contributed by atoms with Crippen molar-refractivity contribution in [1.82, 2.24) is 0 Å². The van der Waals surface area contributed by atoms with Crippen LogP contribution in [0.2, 0.25) is 0 Å². The Morgan fingerprint density at radius 3 is 3.25 bits per heavy atom. The molecule has 1 aliphatic heterocycles. The number of ether oxygens (including phenoxy) is 1. The zero-order valence-electron chi connectivity index (χ0n) is 4.84. The van der Waals surface area contributed by atoms with Gasteiger partial charge in [0.2, 0.25) is 0 Å². The van der Waals surface area contributed by atoms with Crippen LogP contribution in [0.25, 0.3) is 0 Å². The summed E-state index contributed by atoms with van der Waals surface area (Å²) in [7, 11) is 0. The Bertz CT molecular complexity index is 89.0. The Morgan fingerprint density at radius 2 is 2.25 bits per heavy atom. The molecule has 8 heavy (non-hydrogen) atoms. The number of hydrogen-bond donors (Lipinski definition) is 0. The van der Waals surface area contributed by atoms with Gasteiger partial charge in [-0.15, -0.1) is 0 Å². The number of rotatable bonds is 0. The lowest BCUT2D eigenvalue weighted by Gasteiger charge is -1.98. The fraction of sp³-hybridized carbons (Fsp3) is 0.429. The van der Waals surface area contributed by atoms with Crippen molar-refractivity contribution >= 4 is 0 Å². The SMILES string of the molecule is C1=C\CCCO\C=C/1. The van der Waals surface area contributed by atoms with Gasteiger partial charge in [-0.3, -0.25) is 0 Å². The second kappa shape index (κ2) is 3.30. The minimum absolute atomic E-state index is 0.862. The molecule has 1 heteroatoms. The molecule has 1 nitrogen and oxygen atoms in total. The van der Waals surface area contributed by atoms with Gasteiger partial charge in [-0.05, 0) is 18.9 Å². The van der Waals surface area contributed by atoms with Gasteiger partial charge in [-0.25, -0.2) is 0 Å². The van der Waals surface area contributed by atoms with Gasteiger partial charge in [-0.2, -0.15) is 0 Å². The maximum atomic E-state index is 5.04. The van der Waals surface area contributed by atoms with E-state index in [2.05, 4.69) is 6.08 Å². The van der Waals surface area contributed by atoms with E-state index in [1.165, 1.54) is 0 Å². The summed E-state index contributed by atoms with van der Waals surface area (Å²) in [6, 6.07) is 0. The maximum absolute atomic E-state index is 5.04. The van der Waals surface area contributed by atoms with Gasteiger partial charge >= 0.3 is 0 Å². The first-order valence-electron chi connectivity index (χ1n) is 2.93. The summed E-state index contributed by atoms with van der Waals surface area (Å²) in [5.41, 5.74) is 0. The molecule has 1 rings (SSSR count). The Kier molecular flexibility index (Phi) is 2.24. The second-order valence-corrected chi connectivity index (χ2v) is 1.77. The van der Waals surface area contributed by atoms with Gasteiger partial charge in [0.15, 0.2) is 0 Å². The van der Waals surface area contributed by atoms with E-state index >= 15 is 0 Å². The van der Waals surface area contributed by atoms with Crippen LogP contribution in [0.15, 0.2) is 24.5 Å². The first kappa shape index (κ1) is 5.42. The lowest BCUT2D eigenvalue weighted by molar-refractivity contribution is 0.245. The normalized spacial score (nSPS) is 27.0. The summed E-state index contributed by atoms with van der Waals surface area (Å²) in [5, 5.41) is 0. The predicted molar refractivity (Wildman–Crippen MR) is 33.5 cm³/mol. The largest absolute Gasteiger partial charge is 0.501 e. The molecule has 0 atom stereocenters. The second-order valence-electron chi connectivity index (χ2n) is 1.77. The van der Waals surface area contributed by atoms with Gasteiger partial charge in [0.1, 0.15) is 0 Å². The molecule has 0 bridgehead atoms. The summed E-state index contributed by atoms with van der Waals surface area (Å²) in [5.74, 6) is 0. The molecule has 0 amide bonds. The van der Waals surface area contributed by atoms with Crippen LogP contribution in [0, 0.1) is 0 Å². The van der Waals surface area contributed by atoms with Crippen molar-refractivity contribution in [3.8, 4) is 0 Å². The van der Waals surface area contributed by atoms with E-state index in [4.69, 9.17) is 4.74 Å². The highest BCUT2D eigenvalue weighted by atomic mass is 16.5. The fourth-order valence-electron chi connectivity index (χ4n) is 0.628.